The molecule has 0 atom stereocenters. The fourth-order valence-electron chi connectivity index (χ4n) is 2.33. The van der Waals surface area contributed by atoms with Crippen molar-refractivity contribution < 1.29 is 9.32 Å². The smallest absolute Gasteiger partial charge is 0.254 e. The first-order chi connectivity index (χ1) is 9.15. The molecule has 1 aliphatic rings. The molecule has 1 amide bonds. The highest BCUT2D eigenvalue weighted by atomic mass is 35.5. The highest BCUT2D eigenvalue weighted by Crippen LogP contribution is 2.23. The van der Waals surface area contributed by atoms with E-state index in [0.29, 0.717) is 23.7 Å². The minimum atomic E-state index is -0.00336. The molecular formula is C14H13ClN2O2. The molecule has 0 spiro atoms. The normalized spacial score (nSPS) is 14.3. The Kier molecular flexibility index (Phi) is 3.03. The second kappa shape index (κ2) is 4.70. The lowest BCUT2D eigenvalue weighted by Gasteiger charge is -2.25. The van der Waals surface area contributed by atoms with Crippen LogP contribution in [0.4, 0.5) is 0 Å². The molecule has 0 aliphatic carbocycles. The SMILES string of the molecule is Cc1noc2c1CCN(C(=O)c1ccc(Cl)cc1)C2. The number of halogens is 1. The van der Waals surface area contributed by atoms with Crippen molar-refractivity contribution in [1.82, 2.24) is 10.1 Å². The largest absolute Gasteiger partial charge is 0.359 e. The summed E-state index contributed by atoms with van der Waals surface area (Å²) in [6, 6.07) is 6.93. The van der Waals surface area contributed by atoms with Crippen LogP contribution >= 0.6 is 11.6 Å². The van der Waals surface area contributed by atoms with Crippen molar-refractivity contribution in [2.75, 3.05) is 6.54 Å². The zero-order valence-corrected chi connectivity index (χ0v) is 11.3. The fraction of sp³-hybridized carbons (Fsp3) is 0.286. The number of carbonyl (C=O) groups is 1. The Morgan fingerprint density at radius 3 is 2.84 bits per heavy atom. The minimum Gasteiger partial charge on any atom is -0.359 e. The van der Waals surface area contributed by atoms with Gasteiger partial charge in [-0.25, -0.2) is 0 Å². The van der Waals surface area contributed by atoms with Crippen molar-refractivity contribution in [2.24, 2.45) is 0 Å². The molecular weight excluding hydrogens is 264 g/mol. The number of rotatable bonds is 1. The van der Waals surface area contributed by atoms with Gasteiger partial charge < -0.3 is 9.42 Å². The van der Waals surface area contributed by atoms with E-state index in [0.717, 1.165) is 23.4 Å². The molecule has 0 saturated heterocycles. The van der Waals surface area contributed by atoms with E-state index in [4.69, 9.17) is 16.1 Å². The monoisotopic (exact) mass is 276 g/mol. The molecule has 0 bridgehead atoms. The van der Waals surface area contributed by atoms with Gasteiger partial charge >= 0.3 is 0 Å². The molecule has 1 aromatic heterocycles. The molecule has 5 heteroatoms. The summed E-state index contributed by atoms with van der Waals surface area (Å²) in [5.41, 5.74) is 2.71. The summed E-state index contributed by atoms with van der Waals surface area (Å²) in [5.74, 6) is 0.794. The third kappa shape index (κ3) is 2.24. The molecule has 19 heavy (non-hydrogen) atoms. The van der Waals surface area contributed by atoms with Gasteiger partial charge in [-0.1, -0.05) is 16.8 Å². The molecule has 2 aromatic rings. The van der Waals surface area contributed by atoms with Crippen LogP contribution in [-0.4, -0.2) is 22.5 Å². The fourth-order valence-corrected chi connectivity index (χ4v) is 2.45. The number of hydrogen-bond donors (Lipinski definition) is 0. The third-order valence-corrected chi connectivity index (χ3v) is 3.66. The predicted octanol–water partition coefficient (Wildman–Crippen LogP) is 2.83. The molecule has 0 N–H and O–H groups in total. The lowest BCUT2D eigenvalue weighted by atomic mass is 10.0. The van der Waals surface area contributed by atoms with Crippen LogP contribution in [0, 0.1) is 6.92 Å². The van der Waals surface area contributed by atoms with E-state index in [1.165, 1.54) is 0 Å². The third-order valence-electron chi connectivity index (χ3n) is 3.41. The first kappa shape index (κ1) is 12.2. The van der Waals surface area contributed by atoms with E-state index < -0.39 is 0 Å². The molecule has 4 nitrogen and oxygen atoms in total. The van der Waals surface area contributed by atoms with E-state index in [-0.39, 0.29) is 5.91 Å². The Morgan fingerprint density at radius 1 is 1.37 bits per heavy atom. The van der Waals surface area contributed by atoms with Crippen molar-refractivity contribution in [3.8, 4) is 0 Å². The predicted molar refractivity (Wildman–Crippen MR) is 71.1 cm³/mol. The van der Waals surface area contributed by atoms with Gasteiger partial charge in [-0.05, 0) is 37.6 Å². The van der Waals surface area contributed by atoms with Crippen LogP contribution in [0.5, 0.6) is 0 Å². The summed E-state index contributed by atoms with van der Waals surface area (Å²) in [5, 5.41) is 4.57. The van der Waals surface area contributed by atoms with Gasteiger partial charge in [-0.3, -0.25) is 4.79 Å². The van der Waals surface area contributed by atoms with Gasteiger partial charge in [0.2, 0.25) is 0 Å². The van der Waals surface area contributed by atoms with Gasteiger partial charge in [0, 0.05) is 22.7 Å². The molecule has 0 fully saturated rings. The molecule has 0 unspecified atom stereocenters. The molecule has 0 radical (unpaired) electrons. The zero-order chi connectivity index (χ0) is 13.4. The van der Waals surface area contributed by atoms with Crippen LogP contribution in [0.25, 0.3) is 0 Å². The first-order valence-corrected chi connectivity index (χ1v) is 6.52. The van der Waals surface area contributed by atoms with Crippen LogP contribution in [0.2, 0.25) is 5.02 Å². The lowest BCUT2D eigenvalue weighted by Crippen LogP contribution is -2.35. The van der Waals surface area contributed by atoms with E-state index in [2.05, 4.69) is 5.16 Å². The van der Waals surface area contributed by atoms with E-state index in [1.807, 2.05) is 6.92 Å². The van der Waals surface area contributed by atoms with Crippen molar-refractivity contribution in [1.29, 1.82) is 0 Å². The molecule has 2 heterocycles. The van der Waals surface area contributed by atoms with Crippen LogP contribution in [-0.2, 0) is 13.0 Å². The number of amides is 1. The van der Waals surface area contributed by atoms with Gasteiger partial charge in [0.25, 0.3) is 5.91 Å². The molecule has 3 rings (SSSR count). The van der Waals surface area contributed by atoms with Gasteiger partial charge in [-0.15, -0.1) is 0 Å². The maximum Gasteiger partial charge on any atom is 0.254 e. The van der Waals surface area contributed by atoms with Gasteiger partial charge in [-0.2, -0.15) is 0 Å². The molecule has 0 saturated carbocycles. The summed E-state index contributed by atoms with van der Waals surface area (Å²) in [7, 11) is 0. The Balaban J connectivity index is 1.81. The second-order valence-corrected chi connectivity index (χ2v) is 5.09. The summed E-state index contributed by atoms with van der Waals surface area (Å²) in [6.45, 7) is 3.10. The molecule has 1 aliphatic heterocycles. The van der Waals surface area contributed by atoms with Crippen molar-refractivity contribution in [3.63, 3.8) is 0 Å². The number of nitrogens with zero attached hydrogens (tertiary/aromatic N) is 2. The molecule has 1 aromatic carbocycles. The van der Waals surface area contributed by atoms with Crippen LogP contribution in [0.1, 0.15) is 27.4 Å². The number of carbonyl (C=O) groups excluding carboxylic acids is 1. The average Bonchev–Trinajstić information content (AvgIpc) is 2.80. The van der Waals surface area contributed by atoms with Crippen molar-refractivity contribution in [3.05, 3.63) is 51.9 Å². The Morgan fingerprint density at radius 2 is 2.11 bits per heavy atom. The van der Waals surface area contributed by atoms with Gasteiger partial charge in [0.15, 0.2) is 5.76 Å². The highest BCUT2D eigenvalue weighted by Gasteiger charge is 2.26. The minimum absolute atomic E-state index is 0.00336. The number of aromatic nitrogens is 1. The van der Waals surface area contributed by atoms with Crippen LogP contribution in [0.3, 0.4) is 0 Å². The highest BCUT2D eigenvalue weighted by molar-refractivity contribution is 6.30. The number of hydrogen-bond acceptors (Lipinski definition) is 3. The van der Waals surface area contributed by atoms with E-state index in [9.17, 15) is 4.79 Å². The van der Waals surface area contributed by atoms with E-state index >= 15 is 0 Å². The van der Waals surface area contributed by atoms with Crippen LogP contribution < -0.4 is 0 Å². The Hall–Kier alpha value is -1.81. The first-order valence-electron chi connectivity index (χ1n) is 6.14. The van der Waals surface area contributed by atoms with Gasteiger partial charge in [0.05, 0.1) is 12.2 Å². The lowest BCUT2D eigenvalue weighted by molar-refractivity contribution is 0.0716. The van der Waals surface area contributed by atoms with Gasteiger partial charge in [0.1, 0.15) is 0 Å². The summed E-state index contributed by atoms with van der Waals surface area (Å²) >= 11 is 5.82. The molecule has 98 valence electrons. The quantitative estimate of drug-likeness (QED) is 0.805. The number of fused-ring (bicyclic) bond motifs is 1. The summed E-state index contributed by atoms with van der Waals surface area (Å²) < 4.78 is 5.26. The zero-order valence-electron chi connectivity index (χ0n) is 10.5. The topological polar surface area (TPSA) is 46.3 Å². The second-order valence-electron chi connectivity index (χ2n) is 4.65. The van der Waals surface area contributed by atoms with E-state index in [1.54, 1.807) is 29.2 Å². The summed E-state index contributed by atoms with van der Waals surface area (Å²) in [4.78, 5) is 14.1. The standard InChI is InChI=1S/C14H13ClN2O2/c1-9-12-6-7-17(8-13(12)19-16-9)14(18)10-2-4-11(15)5-3-10/h2-5H,6-8H2,1H3. The Bertz CT molecular complexity index is 619. The number of benzene rings is 1. The maximum absolute atomic E-state index is 12.3. The Labute approximate surface area is 115 Å². The van der Waals surface area contributed by atoms with Crippen LogP contribution in [0.15, 0.2) is 28.8 Å². The number of aryl methyl sites for hydroxylation is 1. The van der Waals surface area contributed by atoms with Crippen molar-refractivity contribution >= 4 is 17.5 Å². The average molecular weight is 277 g/mol. The summed E-state index contributed by atoms with van der Waals surface area (Å²) in [6.07, 6.45) is 0.796. The van der Waals surface area contributed by atoms with Crippen molar-refractivity contribution in [2.45, 2.75) is 19.9 Å². The maximum atomic E-state index is 12.3.